The lowest BCUT2D eigenvalue weighted by Crippen LogP contribution is -2.42. The Hall–Kier alpha value is -1.00. The summed E-state index contributed by atoms with van der Waals surface area (Å²) < 4.78 is 26.5. The zero-order valence-electron chi connectivity index (χ0n) is 11.9. The molecule has 1 aromatic rings. The van der Waals surface area contributed by atoms with Crippen molar-refractivity contribution in [3.05, 3.63) is 35.4 Å². The van der Waals surface area contributed by atoms with Crippen LogP contribution in [0.5, 0.6) is 0 Å². The van der Waals surface area contributed by atoms with Gasteiger partial charge in [0, 0.05) is 12.1 Å². The highest BCUT2D eigenvalue weighted by atomic mass is 19.1. The average molecular weight is 282 g/mol. The van der Waals surface area contributed by atoms with E-state index in [-0.39, 0.29) is 6.04 Å². The Bertz CT molecular complexity index is 395. The summed E-state index contributed by atoms with van der Waals surface area (Å²) in [6.45, 7) is 0. The molecule has 1 fully saturated rings. The van der Waals surface area contributed by atoms with E-state index in [1.165, 1.54) is 44.2 Å². The van der Waals surface area contributed by atoms with Crippen molar-refractivity contribution in [2.75, 3.05) is 0 Å². The van der Waals surface area contributed by atoms with E-state index in [0.717, 1.165) is 18.9 Å². The zero-order valence-corrected chi connectivity index (χ0v) is 11.9. The molecule has 0 bridgehead atoms. The van der Waals surface area contributed by atoms with Gasteiger partial charge in [0.15, 0.2) is 0 Å². The first-order valence-electron chi connectivity index (χ1n) is 7.60. The molecule has 0 saturated heterocycles. The first-order valence-corrected chi connectivity index (χ1v) is 7.60. The lowest BCUT2D eigenvalue weighted by Gasteiger charge is -2.28. The molecule has 20 heavy (non-hydrogen) atoms. The topological polar surface area (TPSA) is 38.0 Å². The summed E-state index contributed by atoms with van der Waals surface area (Å²) in [5.74, 6) is 5.13. The monoisotopic (exact) mass is 282 g/mol. The van der Waals surface area contributed by atoms with Crippen LogP contribution >= 0.6 is 0 Å². The smallest absolute Gasteiger partial charge is 0.126 e. The molecule has 2 rings (SSSR count). The van der Waals surface area contributed by atoms with E-state index >= 15 is 0 Å². The van der Waals surface area contributed by atoms with Crippen LogP contribution in [-0.2, 0) is 6.42 Å². The van der Waals surface area contributed by atoms with Crippen LogP contribution in [0, 0.1) is 17.6 Å². The normalized spacial score (nSPS) is 19.4. The average Bonchev–Trinajstić information content (AvgIpc) is 2.35. The number of benzene rings is 1. The van der Waals surface area contributed by atoms with Crippen molar-refractivity contribution in [1.82, 2.24) is 5.43 Å². The maximum absolute atomic E-state index is 13.3. The second-order valence-corrected chi connectivity index (χ2v) is 5.86. The third kappa shape index (κ3) is 4.53. The van der Waals surface area contributed by atoms with Gasteiger partial charge >= 0.3 is 0 Å². The van der Waals surface area contributed by atoms with E-state index in [1.807, 2.05) is 0 Å². The van der Waals surface area contributed by atoms with E-state index in [4.69, 9.17) is 5.84 Å². The molecule has 0 aromatic heterocycles. The van der Waals surface area contributed by atoms with Crippen molar-refractivity contribution in [3.63, 3.8) is 0 Å². The van der Waals surface area contributed by atoms with Gasteiger partial charge in [0.05, 0.1) is 0 Å². The van der Waals surface area contributed by atoms with Gasteiger partial charge in [-0.15, -0.1) is 0 Å². The number of hydrazine groups is 1. The molecule has 1 unspecified atom stereocenters. The van der Waals surface area contributed by atoms with Gasteiger partial charge < -0.3 is 0 Å². The second kappa shape index (κ2) is 7.70. The highest BCUT2D eigenvalue weighted by Gasteiger charge is 2.21. The summed E-state index contributed by atoms with van der Waals surface area (Å²) in [6.07, 6.45) is 9.20. The minimum absolute atomic E-state index is 0.0919. The van der Waals surface area contributed by atoms with Crippen LogP contribution < -0.4 is 11.3 Å². The Labute approximate surface area is 119 Å². The first kappa shape index (κ1) is 15.4. The highest BCUT2D eigenvalue weighted by molar-refractivity contribution is 5.19. The molecule has 0 amide bonds. The Morgan fingerprint density at radius 2 is 1.55 bits per heavy atom. The number of nitrogens with two attached hydrogens (primary N) is 1. The summed E-state index contributed by atoms with van der Waals surface area (Å²) in [7, 11) is 0. The summed E-state index contributed by atoms with van der Waals surface area (Å²) in [5, 5.41) is 0. The minimum atomic E-state index is -0.520. The highest BCUT2D eigenvalue weighted by Crippen LogP contribution is 2.26. The maximum atomic E-state index is 13.3. The van der Waals surface area contributed by atoms with Crippen LogP contribution in [0.1, 0.15) is 50.5 Å². The summed E-state index contributed by atoms with van der Waals surface area (Å²) in [4.78, 5) is 0. The fourth-order valence-corrected chi connectivity index (χ4v) is 3.23. The van der Waals surface area contributed by atoms with Gasteiger partial charge in [0.2, 0.25) is 0 Å². The Kier molecular flexibility index (Phi) is 5.92. The molecule has 3 N–H and O–H groups in total. The minimum Gasteiger partial charge on any atom is -0.271 e. The van der Waals surface area contributed by atoms with E-state index in [0.29, 0.717) is 17.9 Å². The number of nitrogens with one attached hydrogen (secondary N) is 1. The van der Waals surface area contributed by atoms with Gasteiger partial charge in [-0.1, -0.05) is 32.1 Å². The predicted molar refractivity (Wildman–Crippen MR) is 77.0 cm³/mol. The summed E-state index contributed by atoms with van der Waals surface area (Å²) in [5.41, 5.74) is 3.54. The van der Waals surface area contributed by atoms with Crippen molar-refractivity contribution in [2.24, 2.45) is 11.8 Å². The summed E-state index contributed by atoms with van der Waals surface area (Å²) in [6, 6.07) is 3.80. The third-order valence-electron chi connectivity index (χ3n) is 4.31. The van der Waals surface area contributed by atoms with Crippen LogP contribution in [-0.4, -0.2) is 6.04 Å². The van der Waals surface area contributed by atoms with E-state index in [9.17, 15) is 8.78 Å². The third-order valence-corrected chi connectivity index (χ3v) is 4.31. The van der Waals surface area contributed by atoms with Crippen molar-refractivity contribution >= 4 is 0 Å². The van der Waals surface area contributed by atoms with Gasteiger partial charge in [-0.05, 0) is 42.9 Å². The molecule has 2 nitrogen and oxygen atoms in total. The van der Waals surface area contributed by atoms with Gasteiger partial charge in [0.25, 0.3) is 0 Å². The van der Waals surface area contributed by atoms with Gasteiger partial charge in [-0.25, -0.2) is 8.78 Å². The second-order valence-electron chi connectivity index (χ2n) is 5.86. The Balaban J connectivity index is 2.02. The lowest BCUT2D eigenvalue weighted by atomic mass is 9.83. The molecule has 0 aliphatic heterocycles. The number of hydrogen-bond acceptors (Lipinski definition) is 2. The molecule has 0 radical (unpaired) electrons. The van der Waals surface area contributed by atoms with Crippen molar-refractivity contribution < 1.29 is 8.78 Å². The number of rotatable bonds is 4. The zero-order chi connectivity index (χ0) is 14.4. The van der Waals surface area contributed by atoms with Crippen LogP contribution in [0.3, 0.4) is 0 Å². The van der Waals surface area contributed by atoms with Crippen LogP contribution in [0.4, 0.5) is 8.78 Å². The van der Waals surface area contributed by atoms with Crippen molar-refractivity contribution in [3.8, 4) is 0 Å². The largest absolute Gasteiger partial charge is 0.271 e. The van der Waals surface area contributed by atoms with Crippen molar-refractivity contribution in [2.45, 2.75) is 57.4 Å². The predicted octanol–water partition coefficient (Wildman–Crippen LogP) is 3.70. The quantitative estimate of drug-likeness (QED) is 0.653. The molecule has 1 aliphatic rings. The Morgan fingerprint density at radius 3 is 2.10 bits per heavy atom. The van der Waals surface area contributed by atoms with Crippen LogP contribution in [0.25, 0.3) is 0 Å². The van der Waals surface area contributed by atoms with Crippen molar-refractivity contribution in [1.29, 1.82) is 0 Å². The Morgan fingerprint density at radius 1 is 1.00 bits per heavy atom. The van der Waals surface area contributed by atoms with E-state index in [1.54, 1.807) is 0 Å². The fraction of sp³-hybridized carbons (Fsp3) is 0.625. The standard InChI is InChI=1S/C16H24F2N2/c17-14-8-12(9-15(18)11-14)10-16(20-19)13-6-4-2-1-3-5-7-13/h8-9,11,13,16,20H,1-7,10,19H2. The van der Waals surface area contributed by atoms with Crippen LogP contribution in [0.15, 0.2) is 18.2 Å². The number of hydrogen-bond donors (Lipinski definition) is 2. The molecular formula is C16H24F2N2. The molecule has 0 heterocycles. The van der Waals surface area contributed by atoms with Crippen LogP contribution in [0.2, 0.25) is 0 Å². The maximum Gasteiger partial charge on any atom is 0.126 e. The van der Waals surface area contributed by atoms with Gasteiger partial charge in [-0.2, -0.15) is 0 Å². The molecule has 1 saturated carbocycles. The molecule has 1 aromatic carbocycles. The lowest BCUT2D eigenvalue weighted by molar-refractivity contribution is 0.285. The van der Waals surface area contributed by atoms with E-state index < -0.39 is 11.6 Å². The molecule has 0 spiro atoms. The fourth-order valence-electron chi connectivity index (χ4n) is 3.23. The van der Waals surface area contributed by atoms with Gasteiger partial charge in [0.1, 0.15) is 11.6 Å². The SMILES string of the molecule is NNC(Cc1cc(F)cc(F)c1)C1CCCCCCC1. The van der Waals surface area contributed by atoms with E-state index in [2.05, 4.69) is 5.43 Å². The molecule has 1 aliphatic carbocycles. The first-order chi connectivity index (χ1) is 9.69. The molecule has 112 valence electrons. The summed E-state index contributed by atoms with van der Waals surface area (Å²) >= 11 is 0. The molecule has 4 heteroatoms. The number of halogens is 2. The molecular weight excluding hydrogens is 258 g/mol. The molecule has 1 atom stereocenters. The van der Waals surface area contributed by atoms with Gasteiger partial charge in [-0.3, -0.25) is 11.3 Å².